The predicted molar refractivity (Wildman–Crippen MR) is 91.4 cm³/mol. The molecular formula is C20H27N. The van der Waals surface area contributed by atoms with E-state index in [1.165, 1.54) is 54.9 Å². The van der Waals surface area contributed by atoms with Gasteiger partial charge in [0.2, 0.25) is 0 Å². The molecule has 1 nitrogen and oxygen atoms in total. The van der Waals surface area contributed by atoms with Gasteiger partial charge in [-0.3, -0.25) is 0 Å². The van der Waals surface area contributed by atoms with E-state index >= 15 is 0 Å². The fraction of sp³-hybridized carbons (Fsp3) is 0.500. The molecule has 1 saturated carbocycles. The third-order valence-electron chi connectivity index (χ3n) is 5.04. The predicted octanol–water partition coefficient (Wildman–Crippen LogP) is 5.29. The molecular weight excluding hydrogens is 254 g/mol. The number of fused-ring (bicyclic) bond motifs is 1. The average Bonchev–Trinajstić information content (AvgIpc) is 2.56. The van der Waals surface area contributed by atoms with Crippen LogP contribution in [-0.2, 0) is 6.54 Å². The van der Waals surface area contributed by atoms with Crippen molar-refractivity contribution in [2.24, 2.45) is 5.92 Å². The summed E-state index contributed by atoms with van der Waals surface area (Å²) >= 11 is 0. The number of nitrogens with one attached hydrogen (secondary N) is 1. The molecule has 2 aromatic rings. The molecule has 112 valence electrons. The molecule has 1 N–H and O–H groups in total. The Morgan fingerprint density at radius 1 is 1.00 bits per heavy atom. The van der Waals surface area contributed by atoms with Gasteiger partial charge < -0.3 is 5.32 Å². The lowest BCUT2D eigenvalue weighted by Gasteiger charge is -2.30. The third kappa shape index (κ3) is 3.65. The van der Waals surface area contributed by atoms with Crippen LogP contribution in [0.3, 0.4) is 0 Å². The van der Waals surface area contributed by atoms with Gasteiger partial charge in [0.1, 0.15) is 0 Å². The molecule has 0 saturated heterocycles. The molecule has 0 heterocycles. The number of hydrogen-bond acceptors (Lipinski definition) is 1. The Hall–Kier alpha value is -1.34. The highest BCUT2D eigenvalue weighted by atomic mass is 14.9. The maximum Gasteiger partial charge on any atom is 0.0208 e. The highest BCUT2D eigenvalue weighted by Gasteiger charge is 2.21. The molecule has 1 fully saturated rings. The van der Waals surface area contributed by atoms with E-state index in [9.17, 15) is 0 Å². The molecule has 1 atom stereocenters. The van der Waals surface area contributed by atoms with E-state index in [1.54, 1.807) is 0 Å². The average molecular weight is 281 g/mol. The van der Waals surface area contributed by atoms with Crippen LogP contribution >= 0.6 is 0 Å². The van der Waals surface area contributed by atoms with Gasteiger partial charge in [-0.25, -0.2) is 0 Å². The monoisotopic (exact) mass is 281 g/mol. The summed E-state index contributed by atoms with van der Waals surface area (Å²) in [4.78, 5) is 0. The van der Waals surface area contributed by atoms with Gasteiger partial charge in [-0.05, 0) is 47.6 Å². The summed E-state index contributed by atoms with van der Waals surface area (Å²) in [6, 6.07) is 16.2. The van der Waals surface area contributed by atoms with Crippen LogP contribution in [-0.4, -0.2) is 6.04 Å². The van der Waals surface area contributed by atoms with Gasteiger partial charge in [-0.15, -0.1) is 0 Å². The molecule has 21 heavy (non-hydrogen) atoms. The van der Waals surface area contributed by atoms with Gasteiger partial charge in [0.05, 0.1) is 0 Å². The Morgan fingerprint density at radius 3 is 2.52 bits per heavy atom. The zero-order valence-electron chi connectivity index (χ0n) is 13.1. The van der Waals surface area contributed by atoms with Crippen LogP contribution in [0.2, 0.25) is 0 Å². The normalized spacial score (nSPS) is 18.0. The van der Waals surface area contributed by atoms with E-state index < -0.39 is 0 Å². The maximum atomic E-state index is 3.82. The minimum Gasteiger partial charge on any atom is -0.310 e. The van der Waals surface area contributed by atoms with Crippen molar-refractivity contribution in [1.82, 2.24) is 5.32 Å². The van der Waals surface area contributed by atoms with Crippen molar-refractivity contribution in [3.05, 3.63) is 48.0 Å². The van der Waals surface area contributed by atoms with Gasteiger partial charge in [-0.2, -0.15) is 0 Å². The van der Waals surface area contributed by atoms with Crippen molar-refractivity contribution in [2.45, 2.75) is 58.0 Å². The molecule has 0 aromatic heterocycles. The molecule has 0 spiro atoms. The first-order valence-electron chi connectivity index (χ1n) is 8.58. The number of benzene rings is 2. The number of rotatable bonds is 5. The first kappa shape index (κ1) is 14.6. The minimum absolute atomic E-state index is 0.691. The fourth-order valence-corrected chi connectivity index (χ4v) is 3.78. The van der Waals surface area contributed by atoms with Gasteiger partial charge >= 0.3 is 0 Å². The molecule has 2 aromatic carbocycles. The van der Waals surface area contributed by atoms with E-state index in [0.29, 0.717) is 6.04 Å². The molecule has 0 radical (unpaired) electrons. The van der Waals surface area contributed by atoms with Gasteiger partial charge in [0, 0.05) is 12.6 Å². The molecule has 3 rings (SSSR count). The third-order valence-corrected chi connectivity index (χ3v) is 5.04. The van der Waals surface area contributed by atoms with Gasteiger partial charge in [-0.1, -0.05) is 62.6 Å². The molecule has 0 bridgehead atoms. The van der Waals surface area contributed by atoms with Crippen LogP contribution in [0.25, 0.3) is 10.8 Å². The van der Waals surface area contributed by atoms with Crippen LogP contribution in [0, 0.1) is 5.92 Å². The van der Waals surface area contributed by atoms with Crippen molar-refractivity contribution in [3.63, 3.8) is 0 Å². The quantitative estimate of drug-likeness (QED) is 0.785. The minimum atomic E-state index is 0.691. The van der Waals surface area contributed by atoms with E-state index in [4.69, 9.17) is 0 Å². The second-order valence-corrected chi connectivity index (χ2v) is 6.48. The standard InChI is InChI=1S/C20H27N/c1-2-20(18-9-4-3-5-10-18)21-15-16-12-13-17-8-6-7-11-19(17)14-16/h6-8,11-14,18,20-21H,2-5,9-10,15H2,1H3. The zero-order valence-corrected chi connectivity index (χ0v) is 13.1. The van der Waals surface area contributed by atoms with Crippen LogP contribution in [0.1, 0.15) is 51.0 Å². The van der Waals surface area contributed by atoms with E-state index in [2.05, 4.69) is 54.7 Å². The van der Waals surface area contributed by atoms with Gasteiger partial charge in [0.15, 0.2) is 0 Å². The SMILES string of the molecule is CCC(NCc1ccc2ccccc2c1)C1CCCCC1. The largest absolute Gasteiger partial charge is 0.310 e. The first-order valence-corrected chi connectivity index (χ1v) is 8.58. The Labute approximate surface area is 128 Å². The zero-order chi connectivity index (χ0) is 14.5. The smallest absolute Gasteiger partial charge is 0.0208 e. The first-order chi connectivity index (χ1) is 10.4. The van der Waals surface area contributed by atoms with E-state index in [0.717, 1.165) is 12.5 Å². The summed E-state index contributed by atoms with van der Waals surface area (Å²) < 4.78 is 0. The molecule has 0 amide bonds. The van der Waals surface area contributed by atoms with Crippen molar-refractivity contribution in [2.75, 3.05) is 0 Å². The lowest BCUT2D eigenvalue weighted by Crippen LogP contribution is -2.36. The molecule has 1 unspecified atom stereocenters. The fourth-order valence-electron chi connectivity index (χ4n) is 3.78. The second-order valence-electron chi connectivity index (χ2n) is 6.48. The Morgan fingerprint density at radius 2 is 1.76 bits per heavy atom. The lowest BCUT2D eigenvalue weighted by molar-refractivity contribution is 0.262. The molecule has 1 heteroatoms. The van der Waals surface area contributed by atoms with Crippen LogP contribution < -0.4 is 5.32 Å². The highest BCUT2D eigenvalue weighted by Crippen LogP contribution is 2.28. The van der Waals surface area contributed by atoms with Crippen molar-refractivity contribution < 1.29 is 0 Å². The van der Waals surface area contributed by atoms with Crippen molar-refractivity contribution in [3.8, 4) is 0 Å². The lowest BCUT2D eigenvalue weighted by atomic mass is 9.83. The number of hydrogen-bond donors (Lipinski definition) is 1. The second kappa shape index (κ2) is 7.09. The summed E-state index contributed by atoms with van der Waals surface area (Å²) in [7, 11) is 0. The van der Waals surface area contributed by atoms with E-state index in [1.807, 2.05) is 0 Å². The summed E-state index contributed by atoms with van der Waals surface area (Å²) in [5, 5.41) is 6.50. The molecule has 1 aliphatic carbocycles. The van der Waals surface area contributed by atoms with Crippen molar-refractivity contribution in [1.29, 1.82) is 0 Å². The summed E-state index contributed by atoms with van der Waals surface area (Å²) in [6.45, 7) is 3.33. The van der Waals surface area contributed by atoms with E-state index in [-0.39, 0.29) is 0 Å². The molecule has 1 aliphatic rings. The highest BCUT2D eigenvalue weighted by molar-refractivity contribution is 5.82. The topological polar surface area (TPSA) is 12.0 Å². The molecule has 0 aliphatic heterocycles. The Bertz CT molecular complexity index is 569. The van der Waals surface area contributed by atoms with Crippen LogP contribution in [0.4, 0.5) is 0 Å². The van der Waals surface area contributed by atoms with Crippen molar-refractivity contribution >= 4 is 10.8 Å². The maximum absolute atomic E-state index is 3.82. The van der Waals surface area contributed by atoms with Gasteiger partial charge in [0.25, 0.3) is 0 Å². The summed E-state index contributed by atoms with van der Waals surface area (Å²) in [6.07, 6.45) is 8.39. The summed E-state index contributed by atoms with van der Waals surface area (Å²) in [5.74, 6) is 0.893. The summed E-state index contributed by atoms with van der Waals surface area (Å²) in [5.41, 5.74) is 1.41. The van der Waals surface area contributed by atoms with Crippen LogP contribution in [0.15, 0.2) is 42.5 Å². The Balaban J connectivity index is 1.64. The van der Waals surface area contributed by atoms with Crippen LogP contribution in [0.5, 0.6) is 0 Å². The Kier molecular flexibility index (Phi) is 4.92.